The highest BCUT2D eigenvalue weighted by atomic mass is 32.1. The molecule has 7 nitrogen and oxygen atoms in total. The molecule has 3 aromatic rings. The number of rotatable bonds is 10. The highest BCUT2D eigenvalue weighted by Gasteiger charge is 2.33. The van der Waals surface area contributed by atoms with E-state index < -0.39 is 12.0 Å². The first-order valence-electron chi connectivity index (χ1n) is 11.5. The minimum Gasteiger partial charge on any atom is -0.494 e. The Morgan fingerprint density at radius 2 is 1.97 bits per heavy atom. The second-order valence-corrected chi connectivity index (χ2v) is 9.99. The minimum atomic E-state index is -0.656. The minimum absolute atomic E-state index is 0.117. The molecule has 9 heteroatoms. The van der Waals surface area contributed by atoms with Crippen molar-refractivity contribution in [1.82, 2.24) is 4.57 Å². The lowest BCUT2D eigenvalue weighted by atomic mass is 9.96. The molecule has 1 aliphatic heterocycles. The smallest absolute Gasteiger partial charge is 0.338 e. The molecule has 0 spiro atoms. The molecule has 1 unspecified atom stereocenters. The van der Waals surface area contributed by atoms with Gasteiger partial charge in [0.05, 0.1) is 35.1 Å². The molecule has 184 valence electrons. The van der Waals surface area contributed by atoms with E-state index >= 15 is 0 Å². The number of fused-ring (bicyclic) bond motifs is 1. The summed E-state index contributed by atoms with van der Waals surface area (Å²) in [6, 6.07) is 10.8. The largest absolute Gasteiger partial charge is 0.494 e. The summed E-state index contributed by atoms with van der Waals surface area (Å²) in [6.07, 6.45) is 3.89. The third kappa shape index (κ3) is 5.63. The van der Waals surface area contributed by atoms with Gasteiger partial charge in [-0.1, -0.05) is 42.9 Å². The summed E-state index contributed by atoms with van der Waals surface area (Å²) in [5.41, 5.74) is 1.47. The van der Waals surface area contributed by atoms with Gasteiger partial charge in [0, 0.05) is 12.0 Å². The summed E-state index contributed by atoms with van der Waals surface area (Å²) in [7, 11) is 1.55. The van der Waals surface area contributed by atoms with Crippen molar-refractivity contribution in [3.63, 3.8) is 0 Å². The molecular weight excluding hydrogens is 484 g/mol. The van der Waals surface area contributed by atoms with Crippen LogP contribution in [0.5, 0.6) is 5.75 Å². The monoisotopic (exact) mass is 512 g/mol. The molecule has 0 fully saturated rings. The lowest BCUT2D eigenvalue weighted by Gasteiger charge is -2.25. The first kappa shape index (κ1) is 25.1. The Morgan fingerprint density at radius 3 is 2.66 bits per heavy atom. The number of hydrogen-bond acceptors (Lipinski definition) is 8. The molecular formula is C26H28N2O5S2. The molecule has 0 saturated carbocycles. The van der Waals surface area contributed by atoms with Crippen LogP contribution in [0.25, 0.3) is 6.08 Å². The van der Waals surface area contributed by atoms with E-state index in [0.717, 1.165) is 29.0 Å². The van der Waals surface area contributed by atoms with Crippen LogP contribution in [0.2, 0.25) is 0 Å². The van der Waals surface area contributed by atoms with Crippen LogP contribution >= 0.6 is 22.7 Å². The van der Waals surface area contributed by atoms with Crippen molar-refractivity contribution in [3.8, 4) is 5.75 Å². The first-order valence-corrected chi connectivity index (χ1v) is 13.2. The summed E-state index contributed by atoms with van der Waals surface area (Å²) < 4.78 is 18.4. The van der Waals surface area contributed by atoms with Crippen molar-refractivity contribution >= 4 is 34.7 Å². The number of unbranched alkanes of at least 4 members (excludes halogenated alkanes) is 1. The van der Waals surface area contributed by atoms with E-state index in [1.54, 1.807) is 29.9 Å². The van der Waals surface area contributed by atoms with Crippen LogP contribution in [-0.2, 0) is 14.3 Å². The van der Waals surface area contributed by atoms with E-state index in [4.69, 9.17) is 14.2 Å². The molecule has 0 aliphatic carbocycles. The fraction of sp³-hybridized carbons (Fsp3) is 0.346. The number of nitrogens with zero attached hydrogens (tertiary/aromatic N) is 2. The van der Waals surface area contributed by atoms with Gasteiger partial charge < -0.3 is 14.2 Å². The van der Waals surface area contributed by atoms with E-state index in [2.05, 4.69) is 11.9 Å². The lowest BCUT2D eigenvalue weighted by molar-refractivity contribution is -0.140. The molecule has 0 bridgehead atoms. The number of aromatic nitrogens is 1. The fourth-order valence-electron chi connectivity index (χ4n) is 3.78. The summed E-state index contributed by atoms with van der Waals surface area (Å²) >= 11 is 2.88. The summed E-state index contributed by atoms with van der Waals surface area (Å²) in [5, 5.41) is 1.97. The zero-order valence-corrected chi connectivity index (χ0v) is 21.6. The zero-order valence-electron chi connectivity index (χ0n) is 20.0. The predicted octanol–water partition coefficient (Wildman–Crippen LogP) is 3.67. The number of benzene rings is 1. The van der Waals surface area contributed by atoms with Crippen LogP contribution in [-0.4, -0.2) is 37.5 Å². The zero-order chi connectivity index (χ0) is 24.8. The van der Waals surface area contributed by atoms with E-state index in [1.165, 1.54) is 11.3 Å². The molecule has 1 aliphatic rings. The SMILES string of the molecule is CCCCOc1ccc(C2C(C(=O)OCCOC)=C(C)N=c3s/c(=C\c4cccs4)c(=O)n32)cc1. The van der Waals surface area contributed by atoms with Gasteiger partial charge in [-0.25, -0.2) is 9.79 Å². The van der Waals surface area contributed by atoms with Gasteiger partial charge in [-0.05, 0) is 48.6 Å². The second-order valence-electron chi connectivity index (χ2n) is 8.00. The van der Waals surface area contributed by atoms with E-state index in [9.17, 15) is 9.59 Å². The number of ether oxygens (including phenoxy) is 3. The molecule has 3 heterocycles. The van der Waals surface area contributed by atoms with Crippen molar-refractivity contribution in [2.75, 3.05) is 26.9 Å². The maximum absolute atomic E-state index is 13.6. The molecule has 4 rings (SSSR count). The fourth-order valence-corrected chi connectivity index (χ4v) is 5.55. The third-order valence-corrected chi connectivity index (χ3v) is 7.34. The van der Waals surface area contributed by atoms with Gasteiger partial charge in [0.1, 0.15) is 12.4 Å². The number of hydrogen-bond donors (Lipinski definition) is 0. The molecule has 0 radical (unpaired) electrons. The van der Waals surface area contributed by atoms with Gasteiger partial charge in [0.15, 0.2) is 4.80 Å². The summed E-state index contributed by atoms with van der Waals surface area (Å²) in [5.74, 6) is 0.237. The number of methoxy groups -OCH3 is 1. The average Bonchev–Trinajstić information content (AvgIpc) is 3.47. The van der Waals surface area contributed by atoms with Crippen molar-refractivity contribution in [1.29, 1.82) is 0 Å². The van der Waals surface area contributed by atoms with Crippen molar-refractivity contribution in [3.05, 3.63) is 83.2 Å². The van der Waals surface area contributed by atoms with Gasteiger partial charge in [0.2, 0.25) is 0 Å². The number of esters is 1. The predicted molar refractivity (Wildman–Crippen MR) is 138 cm³/mol. The molecule has 2 aromatic heterocycles. The van der Waals surface area contributed by atoms with Gasteiger partial charge in [-0.3, -0.25) is 9.36 Å². The Kier molecular flexibility index (Phi) is 8.33. The van der Waals surface area contributed by atoms with E-state index in [0.29, 0.717) is 27.2 Å². The Labute approximate surface area is 211 Å². The van der Waals surface area contributed by atoms with Crippen molar-refractivity contribution in [2.24, 2.45) is 4.99 Å². The molecule has 0 N–H and O–H groups in total. The van der Waals surface area contributed by atoms with Crippen molar-refractivity contribution in [2.45, 2.75) is 32.7 Å². The standard InChI is InChI=1S/C26H28N2O5S2/c1-4-5-12-32-19-10-8-18(9-11-19)23-22(25(30)33-14-13-31-3)17(2)27-26-28(23)24(29)21(35-26)16-20-7-6-15-34-20/h6-11,15-16,23H,4-5,12-14H2,1-3H3/b21-16-. The normalized spacial score (nSPS) is 15.6. The topological polar surface area (TPSA) is 79.1 Å². The Bertz CT molecular complexity index is 1370. The van der Waals surface area contributed by atoms with Gasteiger partial charge in [0.25, 0.3) is 5.56 Å². The number of allylic oxidation sites excluding steroid dienone is 1. The van der Waals surface area contributed by atoms with Crippen LogP contribution in [0.3, 0.4) is 0 Å². The Hall–Kier alpha value is -3.01. The average molecular weight is 513 g/mol. The maximum atomic E-state index is 13.6. The maximum Gasteiger partial charge on any atom is 0.338 e. The number of carbonyl (C=O) groups is 1. The quantitative estimate of drug-likeness (QED) is 0.306. The molecule has 0 amide bonds. The highest BCUT2D eigenvalue weighted by Crippen LogP contribution is 2.31. The number of thiazole rings is 1. The van der Waals surface area contributed by atoms with Gasteiger partial charge in [-0.2, -0.15) is 0 Å². The number of thiophene rings is 1. The summed E-state index contributed by atoms with van der Waals surface area (Å²) in [6.45, 7) is 4.94. The third-order valence-electron chi connectivity index (χ3n) is 5.54. The highest BCUT2D eigenvalue weighted by molar-refractivity contribution is 7.11. The van der Waals surface area contributed by atoms with Crippen molar-refractivity contribution < 1.29 is 19.0 Å². The Balaban J connectivity index is 1.79. The van der Waals surface area contributed by atoms with Crippen LogP contribution < -0.4 is 19.6 Å². The Morgan fingerprint density at radius 1 is 1.17 bits per heavy atom. The van der Waals surface area contributed by atoms with Crippen LogP contribution in [0.1, 0.15) is 43.2 Å². The van der Waals surface area contributed by atoms with Gasteiger partial charge in [-0.15, -0.1) is 11.3 Å². The van der Waals surface area contributed by atoms with E-state index in [-0.39, 0.29) is 18.8 Å². The molecule has 0 saturated heterocycles. The van der Waals surface area contributed by atoms with Crippen LogP contribution in [0, 0.1) is 0 Å². The van der Waals surface area contributed by atoms with E-state index in [1.807, 2.05) is 47.9 Å². The van der Waals surface area contributed by atoms with Gasteiger partial charge >= 0.3 is 5.97 Å². The molecule has 1 atom stereocenters. The van der Waals surface area contributed by atoms with Crippen LogP contribution in [0.15, 0.2) is 62.8 Å². The molecule has 1 aromatic carbocycles. The summed E-state index contributed by atoms with van der Waals surface area (Å²) in [4.78, 5) is 32.9. The molecule has 35 heavy (non-hydrogen) atoms. The first-order chi connectivity index (χ1) is 17.0. The lowest BCUT2D eigenvalue weighted by Crippen LogP contribution is -2.40. The van der Waals surface area contributed by atoms with Crippen LogP contribution in [0.4, 0.5) is 0 Å². The number of carbonyl (C=O) groups excluding carboxylic acids is 1. The second kappa shape index (κ2) is 11.6.